The quantitative estimate of drug-likeness (QED) is 0.895. The summed E-state index contributed by atoms with van der Waals surface area (Å²) in [4.78, 5) is 32.6. The number of hydrogen-bond acceptors (Lipinski definition) is 5. The lowest BCUT2D eigenvalue weighted by Gasteiger charge is -2.40. The molecule has 2 aromatic rings. The van der Waals surface area contributed by atoms with Crippen LogP contribution in [0.15, 0.2) is 17.1 Å². The summed E-state index contributed by atoms with van der Waals surface area (Å²) >= 11 is 0. The van der Waals surface area contributed by atoms with Gasteiger partial charge in [0.1, 0.15) is 11.2 Å². The summed E-state index contributed by atoms with van der Waals surface area (Å²) in [6.07, 6.45) is 3.28. The van der Waals surface area contributed by atoms with Crippen molar-refractivity contribution in [1.29, 1.82) is 0 Å². The summed E-state index contributed by atoms with van der Waals surface area (Å²) in [6.45, 7) is 3.98. The number of carboxylic acids is 1. The van der Waals surface area contributed by atoms with E-state index in [1.807, 2.05) is 11.8 Å². The van der Waals surface area contributed by atoms with Crippen LogP contribution in [0.25, 0.3) is 11.0 Å². The maximum absolute atomic E-state index is 14.9. The van der Waals surface area contributed by atoms with E-state index >= 15 is 0 Å². The van der Waals surface area contributed by atoms with E-state index in [0.29, 0.717) is 12.2 Å². The van der Waals surface area contributed by atoms with E-state index in [4.69, 9.17) is 0 Å². The molecule has 0 aromatic carbocycles. The molecule has 2 aliphatic rings. The average molecular weight is 360 g/mol. The summed E-state index contributed by atoms with van der Waals surface area (Å²) in [5, 5.41) is 9.24. The third-order valence-electron chi connectivity index (χ3n) is 5.46. The van der Waals surface area contributed by atoms with Crippen molar-refractivity contribution in [1.82, 2.24) is 14.5 Å². The van der Waals surface area contributed by atoms with E-state index in [1.54, 1.807) is 4.57 Å². The van der Waals surface area contributed by atoms with Crippen molar-refractivity contribution >= 4 is 22.8 Å². The molecule has 4 rings (SSSR count). The van der Waals surface area contributed by atoms with Gasteiger partial charge in [0.15, 0.2) is 11.6 Å². The number of likely N-dealkylation sites (N-methyl/N-ethyl adjacent to an activating group) is 1. The van der Waals surface area contributed by atoms with Crippen LogP contribution in [0, 0.1) is 5.82 Å². The third kappa shape index (κ3) is 2.47. The van der Waals surface area contributed by atoms with Crippen molar-refractivity contribution in [3.05, 3.63) is 33.9 Å². The van der Waals surface area contributed by atoms with Gasteiger partial charge in [0.05, 0.1) is 5.39 Å². The summed E-state index contributed by atoms with van der Waals surface area (Å²) in [6, 6.07) is 1.56. The number of piperazine rings is 1. The smallest absolute Gasteiger partial charge is 0.341 e. The molecule has 0 spiro atoms. The molecule has 2 saturated heterocycles. The highest BCUT2D eigenvalue weighted by Crippen LogP contribution is 2.35. The second-order valence-electron chi connectivity index (χ2n) is 7.14. The number of anilines is 1. The summed E-state index contributed by atoms with van der Waals surface area (Å²) < 4.78 is 16.5. The molecule has 1 N–H and O–H groups in total. The molecule has 2 aromatic heterocycles. The van der Waals surface area contributed by atoms with Crippen molar-refractivity contribution in [3.8, 4) is 0 Å². The van der Waals surface area contributed by atoms with Crippen molar-refractivity contribution in [2.75, 3.05) is 25.0 Å². The molecule has 4 heterocycles. The minimum absolute atomic E-state index is 0.00877. The van der Waals surface area contributed by atoms with E-state index in [-0.39, 0.29) is 28.9 Å². The highest BCUT2D eigenvalue weighted by molar-refractivity contribution is 5.92. The normalized spacial score (nSPS) is 23.0. The first-order valence-electron chi connectivity index (χ1n) is 8.84. The number of hydrogen-bond donors (Lipinski definition) is 1. The van der Waals surface area contributed by atoms with Crippen LogP contribution in [0.3, 0.4) is 0 Å². The molecular weight excluding hydrogens is 339 g/mol. The van der Waals surface area contributed by atoms with Crippen LogP contribution in [0.2, 0.25) is 0 Å². The standard InChI is InChI=1S/C18H21FN4O3/c1-3-22-9-13(18(25)26)15(24)12-6-14(19)17(20-16(12)22)23-10-4-5-11(23)8-21(2)7-10/h6,9-11H,3-5,7-8H2,1-2H3,(H,25,26). The van der Waals surface area contributed by atoms with Gasteiger partial charge in [0, 0.05) is 37.9 Å². The Hall–Kier alpha value is -2.48. The number of halogens is 1. The van der Waals surface area contributed by atoms with E-state index in [2.05, 4.69) is 16.9 Å². The lowest BCUT2D eigenvalue weighted by molar-refractivity contribution is 0.0695. The van der Waals surface area contributed by atoms with Gasteiger partial charge in [-0.1, -0.05) is 0 Å². The SMILES string of the molecule is CCn1cc(C(=O)O)c(=O)c2cc(F)c(N3C4CCC3CN(C)C4)nc21. The van der Waals surface area contributed by atoms with Gasteiger partial charge in [-0.25, -0.2) is 14.2 Å². The van der Waals surface area contributed by atoms with Crippen molar-refractivity contribution < 1.29 is 14.3 Å². The van der Waals surface area contributed by atoms with Crippen LogP contribution >= 0.6 is 0 Å². The zero-order valence-corrected chi connectivity index (χ0v) is 14.8. The fourth-order valence-electron chi connectivity index (χ4n) is 4.31. The molecule has 0 saturated carbocycles. The molecule has 7 nitrogen and oxygen atoms in total. The highest BCUT2D eigenvalue weighted by atomic mass is 19.1. The van der Waals surface area contributed by atoms with Gasteiger partial charge in [0.25, 0.3) is 0 Å². The molecule has 2 unspecified atom stereocenters. The molecule has 2 fully saturated rings. The van der Waals surface area contributed by atoms with Crippen LogP contribution in [0.4, 0.5) is 10.2 Å². The largest absolute Gasteiger partial charge is 0.477 e. The van der Waals surface area contributed by atoms with E-state index in [0.717, 1.165) is 32.0 Å². The summed E-state index contributed by atoms with van der Waals surface area (Å²) in [5.74, 6) is -1.62. The first-order chi connectivity index (χ1) is 12.4. The Morgan fingerprint density at radius 3 is 2.58 bits per heavy atom. The van der Waals surface area contributed by atoms with E-state index in [9.17, 15) is 19.1 Å². The minimum Gasteiger partial charge on any atom is -0.477 e. The van der Waals surface area contributed by atoms with Crippen LogP contribution in [-0.2, 0) is 6.54 Å². The number of nitrogens with zero attached hydrogens (tertiary/aromatic N) is 4. The highest BCUT2D eigenvalue weighted by Gasteiger charge is 2.40. The molecule has 0 amide bonds. The zero-order chi connectivity index (χ0) is 18.6. The maximum Gasteiger partial charge on any atom is 0.341 e. The number of aromatic nitrogens is 2. The predicted octanol–water partition coefficient (Wildman–Crippen LogP) is 1.54. The molecule has 2 atom stereocenters. The van der Waals surface area contributed by atoms with Gasteiger partial charge in [0.2, 0.25) is 5.43 Å². The first kappa shape index (κ1) is 17.0. The van der Waals surface area contributed by atoms with Crippen LogP contribution in [-0.4, -0.2) is 57.7 Å². The van der Waals surface area contributed by atoms with Crippen molar-refractivity contribution in [2.24, 2.45) is 0 Å². The fraction of sp³-hybridized carbons (Fsp3) is 0.500. The van der Waals surface area contributed by atoms with Gasteiger partial charge in [-0.05, 0) is 32.9 Å². The molecule has 0 aliphatic carbocycles. The lowest BCUT2D eigenvalue weighted by atomic mass is 10.1. The van der Waals surface area contributed by atoms with E-state index < -0.39 is 17.2 Å². The first-order valence-corrected chi connectivity index (χ1v) is 8.84. The zero-order valence-electron chi connectivity index (χ0n) is 14.8. The van der Waals surface area contributed by atoms with Gasteiger partial charge < -0.3 is 19.5 Å². The Balaban J connectivity index is 1.91. The Morgan fingerprint density at radius 1 is 1.35 bits per heavy atom. The maximum atomic E-state index is 14.9. The number of aryl methyl sites for hydroxylation is 1. The Kier molecular flexibility index (Phi) is 3.95. The third-order valence-corrected chi connectivity index (χ3v) is 5.46. The van der Waals surface area contributed by atoms with E-state index in [1.165, 1.54) is 6.20 Å². The number of fused-ring (bicyclic) bond motifs is 3. The Morgan fingerprint density at radius 2 is 2.00 bits per heavy atom. The van der Waals surface area contributed by atoms with Gasteiger partial charge in [-0.15, -0.1) is 0 Å². The molecule has 0 radical (unpaired) electrons. The van der Waals surface area contributed by atoms with Gasteiger partial charge in [-0.2, -0.15) is 0 Å². The summed E-state index contributed by atoms with van der Waals surface area (Å²) in [5.41, 5.74) is -0.735. The van der Waals surface area contributed by atoms with Gasteiger partial charge in [-0.3, -0.25) is 4.79 Å². The monoisotopic (exact) mass is 360 g/mol. The molecular formula is C18H21FN4O3. The van der Waals surface area contributed by atoms with Crippen LogP contribution in [0.5, 0.6) is 0 Å². The minimum atomic E-state index is -1.32. The number of likely N-dealkylation sites (tertiary alicyclic amines) is 1. The number of carbonyl (C=O) groups is 1. The average Bonchev–Trinajstić information content (AvgIpc) is 2.86. The fourth-order valence-corrected chi connectivity index (χ4v) is 4.31. The van der Waals surface area contributed by atoms with Crippen molar-refractivity contribution in [2.45, 2.75) is 38.4 Å². The number of aromatic carboxylic acids is 1. The number of rotatable bonds is 3. The predicted molar refractivity (Wildman–Crippen MR) is 95.4 cm³/mol. The Bertz CT molecular complexity index is 944. The lowest BCUT2D eigenvalue weighted by Crippen LogP contribution is -2.53. The molecule has 26 heavy (non-hydrogen) atoms. The van der Waals surface area contributed by atoms with Gasteiger partial charge >= 0.3 is 5.97 Å². The van der Waals surface area contributed by atoms with Crippen molar-refractivity contribution in [3.63, 3.8) is 0 Å². The molecule has 138 valence electrons. The molecule has 8 heteroatoms. The molecule has 2 bridgehead atoms. The van der Waals surface area contributed by atoms with Crippen LogP contribution < -0.4 is 10.3 Å². The number of carboxylic acid groups (broad SMARTS) is 1. The second-order valence-corrected chi connectivity index (χ2v) is 7.14. The second kappa shape index (κ2) is 6.05. The molecule has 2 aliphatic heterocycles. The Labute approximate surface area is 149 Å². The topological polar surface area (TPSA) is 78.7 Å². The van der Waals surface area contributed by atoms with Crippen LogP contribution in [0.1, 0.15) is 30.1 Å². The number of pyridine rings is 2. The summed E-state index contributed by atoms with van der Waals surface area (Å²) in [7, 11) is 2.06.